The number of unbranched alkanes of at least 4 members (excludes halogenated alkanes) is 2. The normalized spacial score (nSPS) is 24.7. The Morgan fingerprint density at radius 1 is 0.940 bits per heavy atom. The predicted molar refractivity (Wildman–Crippen MR) is 249 cm³/mol. The summed E-state index contributed by atoms with van der Waals surface area (Å²) in [6, 6.07) is 16.1. The lowest BCUT2D eigenvalue weighted by molar-refractivity contribution is -0.384. The SMILES string of the molecule is C=CCOC12Oc3ccc(Oc4ccc(C)c(C)c4)cc3C3C(CCCCO)C(CCCCO)C=C(C(=NOC4CCCCO4)CC1N(CCOCCO)C(=O)Oc1ccc([N+](=O)[O-])cc1)C32. The molecule has 4 aliphatic rings. The van der Waals surface area contributed by atoms with Crippen molar-refractivity contribution in [1.29, 1.82) is 0 Å². The number of carbonyl (C=O) groups is 1. The van der Waals surface area contributed by atoms with Crippen LogP contribution in [0.15, 0.2) is 90.1 Å². The largest absolute Gasteiger partial charge is 0.459 e. The highest BCUT2D eigenvalue weighted by molar-refractivity contribution is 6.03. The van der Waals surface area contributed by atoms with Crippen LogP contribution >= 0.6 is 0 Å². The van der Waals surface area contributed by atoms with Gasteiger partial charge in [-0.1, -0.05) is 36.2 Å². The molecule has 3 N–H and O–H groups in total. The number of oxime groups is 1. The van der Waals surface area contributed by atoms with Gasteiger partial charge in [0.1, 0.15) is 29.0 Å². The van der Waals surface area contributed by atoms with E-state index in [9.17, 15) is 30.2 Å². The van der Waals surface area contributed by atoms with E-state index in [-0.39, 0.29) is 81.8 Å². The molecule has 1 amide bonds. The number of rotatable bonds is 23. The van der Waals surface area contributed by atoms with Crippen molar-refractivity contribution in [3.8, 4) is 23.0 Å². The molecule has 0 bridgehead atoms. The monoisotopic (exact) mass is 927 g/mol. The number of hydrogen-bond donors (Lipinski definition) is 3. The van der Waals surface area contributed by atoms with Crippen LogP contribution in [0.2, 0.25) is 0 Å². The molecule has 0 aromatic heterocycles. The van der Waals surface area contributed by atoms with E-state index < -0.39 is 35.1 Å². The van der Waals surface area contributed by atoms with E-state index in [1.165, 1.54) is 29.2 Å². The van der Waals surface area contributed by atoms with Crippen LogP contribution in [0.4, 0.5) is 10.5 Å². The van der Waals surface area contributed by atoms with E-state index in [2.05, 4.69) is 19.6 Å². The third-order valence-electron chi connectivity index (χ3n) is 13.4. The number of fused-ring (bicyclic) bond motifs is 2. The maximum absolute atomic E-state index is 14.9. The highest BCUT2D eigenvalue weighted by atomic mass is 16.8. The number of aliphatic hydroxyl groups excluding tert-OH is 3. The minimum Gasteiger partial charge on any atom is -0.459 e. The van der Waals surface area contributed by atoms with Gasteiger partial charge in [-0.15, -0.1) is 6.58 Å². The molecular weight excluding hydrogens is 863 g/mol. The van der Waals surface area contributed by atoms with Crippen molar-refractivity contribution >= 4 is 17.5 Å². The van der Waals surface area contributed by atoms with Gasteiger partial charge in [-0.25, -0.2) is 4.79 Å². The lowest BCUT2D eigenvalue weighted by atomic mass is 9.55. The Balaban J connectivity index is 1.43. The molecule has 7 rings (SSSR count). The molecule has 2 heterocycles. The quantitative estimate of drug-likeness (QED) is 0.0353. The van der Waals surface area contributed by atoms with Gasteiger partial charge in [-0.3, -0.25) is 15.0 Å². The zero-order valence-corrected chi connectivity index (χ0v) is 38.6. The Labute approximate surface area is 392 Å². The summed E-state index contributed by atoms with van der Waals surface area (Å²) in [5.74, 6) is -0.675. The Bertz CT molecular complexity index is 2210. The van der Waals surface area contributed by atoms with Crippen molar-refractivity contribution in [2.45, 2.75) is 102 Å². The second-order valence-electron chi connectivity index (χ2n) is 17.7. The maximum atomic E-state index is 14.9. The first-order chi connectivity index (χ1) is 32.6. The van der Waals surface area contributed by atoms with E-state index in [0.717, 1.165) is 60.8 Å². The first kappa shape index (κ1) is 49.5. The van der Waals surface area contributed by atoms with E-state index in [4.69, 9.17) is 38.4 Å². The molecule has 16 heteroatoms. The number of nitro benzene ring substituents is 1. The number of allylic oxidation sites excluding steroid dienone is 1. The maximum Gasteiger partial charge on any atom is 0.415 e. The first-order valence-electron chi connectivity index (χ1n) is 23.6. The van der Waals surface area contributed by atoms with Gasteiger partial charge in [0, 0.05) is 56.2 Å². The van der Waals surface area contributed by atoms with Crippen LogP contribution in [0.25, 0.3) is 0 Å². The summed E-state index contributed by atoms with van der Waals surface area (Å²) in [4.78, 5) is 33.6. The van der Waals surface area contributed by atoms with Gasteiger partial charge < -0.3 is 48.6 Å². The minimum atomic E-state index is -1.61. The standard InChI is InChI=1S/C51H65N3O13/c1-4-26-63-51-46(53(22-28-61-29-25-57)50(58)65-38-18-15-37(16-19-38)54(59)60)33-44(52-67-47-13-7-10-27-62-47)42-31-36(11-5-8-23-55)41(12-6-9-24-56)48(49(42)51)43-32-40(20-21-45(43)66-51)64-39-17-14-34(2)35(3)30-39/h4,14-21,30-32,36,41,46-49,55-57H,1,5-13,22-29,33H2,2-3H3. The molecule has 3 aromatic carbocycles. The Kier molecular flexibility index (Phi) is 17.4. The molecule has 67 heavy (non-hydrogen) atoms. The van der Waals surface area contributed by atoms with Crippen LogP contribution in [0.3, 0.4) is 0 Å². The second-order valence-corrected chi connectivity index (χ2v) is 17.7. The number of nitro groups is 1. The fraction of sp³-hybridized carbons (Fsp3) is 0.529. The molecule has 16 nitrogen and oxygen atoms in total. The molecule has 2 aliphatic heterocycles. The molecule has 7 atom stereocenters. The summed E-state index contributed by atoms with van der Waals surface area (Å²) in [6.45, 7) is 8.57. The zero-order valence-electron chi connectivity index (χ0n) is 38.6. The lowest BCUT2D eigenvalue weighted by Crippen LogP contribution is -2.70. The van der Waals surface area contributed by atoms with Gasteiger partial charge in [0.15, 0.2) is 0 Å². The topological polar surface area (TPSA) is 201 Å². The molecule has 2 aliphatic carbocycles. The number of aryl methyl sites for hydroxylation is 2. The molecule has 1 saturated carbocycles. The number of carbonyl (C=O) groups excluding carboxylic acids is 1. The van der Waals surface area contributed by atoms with Crippen LogP contribution in [-0.2, 0) is 19.0 Å². The first-order valence-corrected chi connectivity index (χ1v) is 23.6. The smallest absolute Gasteiger partial charge is 0.415 e. The Hall–Kier alpha value is -5.36. The van der Waals surface area contributed by atoms with E-state index in [1.54, 1.807) is 6.08 Å². The van der Waals surface area contributed by atoms with Gasteiger partial charge in [0.25, 0.3) is 5.69 Å². The Morgan fingerprint density at radius 3 is 2.39 bits per heavy atom. The summed E-state index contributed by atoms with van der Waals surface area (Å²) in [5.41, 5.74) is 4.39. The average Bonchev–Trinajstić information content (AvgIpc) is 3.33. The fourth-order valence-corrected chi connectivity index (χ4v) is 10.0. The minimum absolute atomic E-state index is 0.00311. The van der Waals surface area contributed by atoms with E-state index >= 15 is 0 Å². The Morgan fingerprint density at radius 2 is 1.69 bits per heavy atom. The summed E-state index contributed by atoms with van der Waals surface area (Å²) in [6.07, 6.45) is 9.36. The van der Waals surface area contributed by atoms with Crippen LogP contribution in [-0.4, -0.2) is 108 Å². The predicted octanol–water partition coefficient (Wildman–Crippen LogP) is 8.67. The van der Waals surface area contributed by atoms with Gasteiger partial charge in [-0.2, -0.15) is 0 Å². The molecule has 3 aromatic rings. The van der Waals surface area contributed by atoms with Crippen molar-refractivity contribution in [3.05, 3.63) is 112 Å². The third kappa shape index (κ3) is 11.7. The van der Waals surface area contributed by atoms with Crippen LogP contribution in [0.5, 0.6) is 23.0 Å². The number of non-ortho nitro benzene ring substituents is 1. The van der Waals surface area contributed by atoms with Crippen LogP contribution in [0.1, 0.15) is 86.8 Å². The van der Waals surface area contributed by atoms with Crippen LogP contribution < -0.4 is 14.2 Å². The molecule has 1 saturated heterocycles. The van der Waals surface area contributed by atoms with E-state index in [1.807, 2.05) is 43.3 Å². The third-order valence-corrected chi connectivity index (χ3v) is 13.4. The molecule has 0 spiro atoms. The number of ether oxygens (including phenoxy) is 6. The second kappa shape index (κ2) is 23.6. The molecule has 0 radical (unpaired) electrons. The van der Waals surface area contributed by atoms with Crippen molar-refractivity contribution in [2.75, 3.05) is 52.8 Å². The van der Waals surface area contributed by atoms with Crippen molar-refractivity contribution in [1.82, 2.24) is 4.90 Å². The molecule has 2 fully saturated rings. The summed E-state index contributed by atoms with van der Waals surface area (Å²) < 4.78 is 38.8. The average molecular weight is 928 g/mol. The molecular formula is C51H65N3O13. The molecule has 7 unspecified atom stereocenters. The zero-order chi connectivity index (χ0) is 47.3. The number of benzene rings is 3. The summed E-state index contributed by atoms with van der Waals surface area (Å²) in [5, 5.41) is 46.0. The summed E-state index contributed by atoms with van der Waals surface area (Å²) >= 11 is 0. The number of amides is 1. The fourth-order valence-electron chi connectivity index (χ4n) is 10.0. The highest BCUT2D eigenvalue weighted by Gasteiger charge is 2.65. The lowest BCUT2D eigenvalue weighted by Gasteiger charge is -2.59. The van der Waals surface area contributed by atoms with Gasteiger partial charge in [0.05, 0.1) is 49.6 Å². The summed E-state index contributed by atoms with van der Waals surface area (Å²) in [7, 11) is 0. The van der Waals surface area contributed by atoms with Gasteiger partial charge in [-0.05, 0) is 123 Å². The number of aliphatic hydroxyl groups is 3. The van der Waals surface area contributed by atoms with Gasteiger partial charge >= 0.3 is 6.09 Å². The number of hydrogen-bond acceptors (Lipinski definition) is 14. The van der Waals surface area contributed by atoms with Gasteiger partial charge in [0.2, 0.25) is 12.1 Å². The van der Waals surface area contributed by atoms with Crippen LogP contribution in [0, 0.1) is 41.7 Å². The molecule has 362 valence electrons. The van der Waals surface area contributed by atoms with Crippen molar-refractivity contribution in [3.63, 3.8) is 0 Å². The number of nitrogens with zero attached hydrogens (tertiary/aromatic N) is 3. The van der Waals surface area contributed by atoms with E-state index in [0.29, 0.717) is 48.8 Å². The highest BCUT2D eigenvalue weighted by Crippen LogP contribution is 2.62. The van der Waals surface area contributed by atoms with Crippen molar-refractivity contribution in [2.24, 2.45) is 22.9 Å². The van der Waals surface area contributed by atoms with Crippen molar-refractivity contribution < 1.29 is 58.3 Å².